The first kappa shape index (κ1) is 16.2. The number of ether oxygens (including phenoxy) is 3. The average molecular weight is 369 g/mol. The van der Waals surface area contributed by atoms with Crippen LogP contribution in [0.1, 0.15) is 12.8 Å². The van der Waals surface area contributed by atoms with Gasteiger partial charge in [0, 0.05) is 25.9 Å². The van der Waals surface area contributed by atoms with Gasteiger partial charge in [-0.2, -0.15) is 0 Å². The van der Waals surface area contributed by atoms with Crippen LogP contribution >= 0.6 is 0 Å². The van der Waals surface area contributed by atoms with Crippen LogP contribution in [0, 0.1) is 0 Å². The molecule has 3 aliphatic heterocycles. The molecule has 1 atom stereocenters. The Morgan fingerprint density at radius 1 is 1.07 bits per heavy atom. The number of fused-ring (bicyclic) bond motifs is 1. The standard InChI is InChI=1S/C19H19N3O5/c23-17-12-22(18(24)25-17)13-5-6-16(20-11-13)21-9-7-19(8-10-21)26-14-3-1-2-4-15(14)27-19/h1-6,11,17,23H,7-10,12H2/t17-/m1/s1. The highest BCUT2D eigenvalue weighted by Gasteiger charge is 2.44. The molecule has 0 aliphatic carbocycles. The topological polar surface area (TPSA) is 84.4 Å². The molecule has 5 rings (SSSR count). The first-order valence-electron chi connectivity index (χ1n) is 8.96. The number of piperidine rings is 1. The molecule has 8 nitrogen and oxygen atoms in total. The minimum atomic E-state index is -1.09. The number of amides is 1. The summed E-state index contributed by atoms with van der Waals surface area (Å²) >= 11 is 0. The smallest absolute Gasteiger partial charge is 0.416 e. The monoisotopic (exact) mass is 369 g/mol. The molecule has 1 aromatic heterocycles. The molecule has 0 radical (unpaired) electrons. The molecule has 0 unspecified atom stereocenters. The van der Waals surface area contributed by atoms with E-state index in [0.717, 1.165) is 43.2 Å². The zero-order valence-corrected chi connectivity index (χ0v) is 14.6. The van der Waals surface area contributed by atoms with Crippen molar-refractivity contribution in [1.29, 1.82) is 0 Å². The van der Waals surface area contributed by atoms with Gasteiger partial charge in [0.05, 0.1) is 18.4 Å². The second-order valence-corrected chi connectivity index (χ2v) is 6.87. The van der Waals surface area contributed by atoms with Gasteiger partial charge in [0.25, 0.3) is 5.79 Å². The zero-order chi connectivity index (χ0) is 18.4. The first-order valence-corrected chi connectivity index (χ1v) is 8.96. The van der Waals surface area contributed by atoms with Crippen molar-refractivity contribution in [1.82, 2.24) is 4.98 Å². The third-order valence-corrected chi connectivity index (χ3v) is 5.13. The molecule has 4 heterocycles. The van der Waals surface area contributed by atoms with Gasteiger partial charge in [0.1, 0.15) is 5.82 Å². The molecule has 0 saturated carbocycles. The summed E-state index contributed by atoms with van der Waals surface area (Å²) in [6, 6.07) is 11.4. The maximum atomic E-state index is 11.7. The Labute approximate surface area is 155 Å². The van der Waals surface area contributed by atoms with Gasteiger partial charge in [0.15, 0.2) is 11.5 Å². The van der Waals surface area contributed by atoms with Crippen LogP contribution in [0.25, 0.3) is 0 Å². The van der Waals surface area contributed by atoms with Crippen molar-refractivity contribution < 1.29 is 24.1 Å². The van der Waals surface area contributed by atoms with E-state index in [4.69, 9.17) is 14.2 Å². The number of anilines is 2. The summed E-state index contributed by atoms with van der Waals surface area (Å²) in [5, 5.41) is 9.42. The fourth-order valence-electron chi connectivity index (χ4n) is 3.70. The van der Waals surface area contributed by atoms with Gasteiger partial charge in [-0.1, -0.05) is 12.1 Å². The number of aromatic nitrogens is 1. The van der Waals surface area contributed by atoms with E-state index in [-0.39, 0.29) is 6.54 Å². The summed E-state index contributed by atoms with van der Waals surface area (Å²) in [5.74, 6) is 1.84. The lowest BCUT2D eigenvalue weighted by Gasteiger charge is -2.38. The predicted octanol–water partition coefficient (Wildman–Crippen LogP) is 2.12. The molecule has 3 aliphatic rings. The van der Waals surface area contributed by atoms with Crippen molar-refractivity contribution in [3.63, 3.8) is 0 Å². The van der Waals surface area contributed by atoms with Crippen LogP contribution < -0.4 is 19.3 Å². The number of pyridine rings is 1. The molecular weight excluding hydrogens is 350 g/mol. The van der Waals surface area contributed by atoms with Crippen LogP contribution in [-0.2, 0) is 4.74 Å². The van der Waals surface area contributed by atoms with Gasteiger partial charge < -0.3 is 24.2 Å². The van der Waals surface area contributed by atoms with Crippen LogP contribution in [0.15, 0.2) is 42.6 Å². The number of benzene rings is 1. The molecule has 1 spiro atoms. The number of hydrogen-bond donors (Lipinski definition) is 1. The fourth-order valence-corrected chi connectivity index (χ4v) is 3.70. The number of nitrogens with zero attached hydrogens (tertiary/aromatic N) is 3. The van der Waals surface area contributed by atoms with Crippen molar-refractivity contribution in [2.45, 2.75) is 24.9 Å². The fraction of sp³-hybridized carbons (Fsp3) is 0.368. The summed E-state index contributed by atoms with van der Waals surface area (Å²) in [6.07, 6.45) is 1.43. The van der Waals surface area contributed by atoms with E-state index in [1.54, 1.807) is 6.20 Å². The molecular formula is C19H19N3O5. The second kappa shape index (κ2) is 6.02. The third kappa shape index (κ3) is 2.82. The SMILES string of the molecule is O=C1O[C@@H](O)CN1c1ccc(N2CCC3(CC2)Oc2ccccc2O3)nc1. The van der Waals surface area contributed by atoms with E-state index in [2.05, 4.69) is 9.88 Å². The van der Waals surface area contributed by atoms with Crippen molar-refractivity contribution in [2.24, 2.45) is 0 Å². The van der Waals surface area contributed by atoms with Crippen LogP contribution in [0.5, 0.6) is 11.5 Å². The van der Waals surface area contributed by atoms with Crippen LogP contribution in [0.4, 0.5) is 16.3 Å². The van der Waals surface area contributed by atoms with Crippen molar-refractivity contribution in [3.8, 4) is 11.5 Å². The number of carbonyl (C=O) groups excluding carboxylic acids is 1. The Balaban J connectivity index is 1.25. The first-order chi connectivity index (χ1) is 13.1. The largest absolute Gasteiger partial charge is 0.448 e. The molecule has 0 bridgehead atoms. The minimum absolute atomic E-state index is 0.112. The Bertz CT molecular complexity index is 837. The maximum absolute atomic E-state index is 11.7. The molecule has 1 N–H and O–H groups in total. The van der Waals surface area contributed by atoms with Gasteiger partial charge in [-0.05, 0) is 24.3 Å². The number of hydrogen-bond acceptors (Lipinski definition) is 7. The van der Waals surface area contributed by atoms with Gasteiger partial charge in [0.2, 0.25) is 6.29 Å². The number of para-hydroxylation sites is 2. The average Bonchev–Trinajstić information content (AvgIpc) is 3.21. The van der Waals surface area contributed by atoms with Crippen LogP contribution in [0.2, 0.25) is 0 Å². The number of carbonyl (C=O) groups is 1. The zero-order valence-electron chi connectivity index (χ0n) is 14.6. The predicted molar refractivity (Wildman–Crippen MR) is 95.9 cm³/mol. The second-order valence-electron chi connectivity index (χ2n) is 6.87. The number of β-amino-alcohol motifs (C(OH)–C–C–N with tert-alkyl or cyclic N) is 1. The van der Waals surface area contributed by atoms with Crippen molar-refractivity contribution in [3.05, 3.63) is 42.6 Å². The van der Waals surface area contributed by atoms with E-state index < -0.39 is 18.2 Å². The van der Waals surface area contributed by atoms with Crippen LogP contribution in [-0.4, -0.2) is 47.9 Å². The van der Waals surface area contributed by atoms with Crippen LogP contribution in [0.3, 0.4) is 0 Å². The van der Waals surface area contributed by atoms with E-state index in [0.29, 0.717) is 5.69 Å². The lowest BCUT2D eigenvalue weighted by atomic mass is 10.0. The lowest BCUT2D eigenvalue weighted by Crippen LogP contribution is -2.50. The molecule has 140 valence electrons. The minimum Gasteiger partial charge on any atom is -0.448 e. The Morgan fingerprint density at radius 3 is 2.33 bits per heavy atom. The molecule has 1 amide bonds. The van der Waals surface area contributed by atoms with Gasteiger partial charge in [-0.3, -0.25) is 4.90 Å². The van der Waals surface area contributed by atoms with Gasteiger partial charge in [-0.25, -0.2) is 9.78 Å². The normalized spacial score (nSPS) is 23.0. The molecule has 2 aromatic rings. The summed E-state index contributed by atoms with van der Waals surface area (Å²) in [7, 11) is 0. The summed E-state index contributed by atoms with van der Waals surface area (Å²) in [5.41, 5.74) is 0.603. The van der Waals surface area contributed by atoms with Crippen molar-refractivity contribution >= 4 is 17.6 Å². The van der Waals surface area contributed by atoms with E-state index in [9.17, 15) is 9.90 Å². The maximum Gasteiger partial charge on any atom is 0.416 e. The molecule has 8 heteroatoms. The Morgan fingerprint density at radius 2 is 1.78 bits per heavy atom. The summed E-state index contributed by atoms with van der Waals surface area (Å²) < 4.78 is 16.9. The molecule has 1 aromatic carbocycles. The number of cyclic esters (lactones) is 1. The number of aliphatic hydroxyl groups is 1. The highest BCUT2D eigenvalue weighted by molar-refractivity contribution is 5.89. The van der Waals surface area contributed by atoms with E-state index in [1.807, 2.05) is 36.4 Å². The quantitative estimate of drug-likeness (QED) is 0.868. The van der Waals surface area contributed by atoms with Gasteiger partial charge >= 0.3 is 6.09 Å². The summed E-state index contributed by atoms with van der Waals surface area (Å²) in [4.78, 5) is 19.7. The summed E-state index contributed by atoms with van der Waals surface area (Å²) in [6.45, 7) is 1.62. The Hall–Kier alpha value is -3.00. The molecule has 2 saturated heterocycles. The van der Waals surface area contributed by atoms with Crippen molar-refractivity contribution in [2.75, 3.05) is 29.4 Å². The van der Waals surface area contributed by atoms with E-state index in [1.165, 1.54) is 4.90 Å². The molecule has 27 heavy (non-hydrogen) atoms. The number of rotatable bonds is 2. The lowest BCUT2D eigenvalue weighted by molar-refractivity contribution is -0.0960. The Kier molecular flexibility index (Phi) is 3.61. The molecule has 2 fully saturated rings. The van der Waals surface area contributed by atoms with E-state index >= 15 is 0 Å². The highest BCUT2D eigenvalue weighted by atomic mass is 16.7. The third-order valence-electron chi connectivity index (χ3n) is 5.13. The van der Waals surface area contributed by atoms with Gasteiger partial charge in [-0.15, -0.1) is 0 Å². The highest BCUT2D eigenvalue weighted by Crippen LogP contribution is 2.43. The number of aliphatic hydroxyl groups excluding tert-OH is 1.